The van der Waals surface area contributed by atoms with Crippen LogP contribution < -0.4 is 20.9 Å². The lowest BCUT2D eigenvalue weighted by Gasteiger charge is -2.28. The van der Waals surface area contributed by atoms with Gasteiger partial charge in [0, 0.05) is 43.6 Å². The predicted octanol–water partition coefficient (Wildman–Crippen LogP) is 3.79. The van der Waals surface area contributed by atoms with Crippen LogP contribution in [0.15, 0.2) is 60.8 Å². The molecule has 0 bridgehead atoms. The first-order chi connectivity index (χ1) is 15.5. The van der Waals surface area contributed by atoms with Crippen LogP contribution in [-0.2, 0) is 0 Å². The van der Waals surface area contributed by atoms with Crippen LogP contribution in [0.4, 0.5) is 21.6 Å². The average Bonchev–Trinajstić information content (AvgIpc) is 2.82. The Hall–Kier alpha value is -3.49. The van der Waals surface area contributed by atoms with Gasteiger partial charge in [-0.1, -0.05) is 11.6 Å². The lowest BCUT2D eigenvalue weighted by molar-refractivity contribution is 0.101. The van der Waals surface area contributed by atoms with Crippen LogP contribution >= 0.6 is 11.6 Å². The van der Waals surface area contributed by atoms with E-state index in [4.69, 9.17) is 11.6 Å². The molecule has 1 saturated heterocycles. The smallest absolute Gasteiger partial charge is 0.257 e. The molecule has 164 valence electrons. The molecule has 1 aliphatic heterocycles. The van der Waals surface area contributed by atoms with E-state index in [2.05, 4.69) is 25.8 Å². The molecule has 2 amide bonds. The van der Waals surface area contributed by atoms with E-state index in [0.717, 1.165) is 32.0 Å². The van der Waals surface area contributed by atoms with Gasteiger partial charge in [-0.15, -0.1) is 0 Å². The van der Waals surface area contributed by atoms with Gasteiger partial charge < -0.3 is 20.9 Å². The number of amides is 2. The number of hydrogen-bond donors (Lipinski definition) is 3. The van der Waals surface area contributed by atoms with Gasteiger partial charge in [-0.2, -0.15) is 0 Å². The first-order valence-corrected chi connectivity index (χ1v) is 10.5. The Morgan fingerprint density at radius 1 is 0.938 bits per heavy atom. The Labute approximate surface area is 189 Å². The molecule has 7 nitrogen and oxygen atoms in total. The Bertz CT molecular complexity index is 1120. The summed E-state index contributed by atoms with van der Waals surface area (Å²) in [7, 11) is 0. The number of pyridine rings is 1. The first-order valence-electron chi connectivity index (χ1n) is 10.1. The summed E-state index contributed by atoms with van der Waals surface area (Å²) in [5.74, 6) is -0.370. The fraction of sp³-hybridized carbons (Fsp3) is 0.174. The predicted molar refractivity (Wildman–Crippen MR) is 123 cm³/mol. The number of nitrogens with one attached hydrogen (secondary N) is 3. The highest BCUT2D eigenvalue weighted by atomic mass is 35.5. The van der Waals surface area contributed by atoms with E-state index in [1.54, 1.807) is 30.5 Å². The summed E-state index contributed by atoms with van der Waals surface area (Å²) in [4.78, 5) is 31.6. The average molecular weight is 454 g/mol. The number of benzene rings is 2. The molecule has 3 N–H and O–H groups in total. The van der Waals surface area contributed by atoms with Gasteiger partial charge in [-0.3, -0.25) is 9.59 Å². The van der Waals surface area contributed by atoms with Crippen molar-refractivity contribution in [2.45, 2.75) is 0 Å². The van der Waals surface area contributed by atoms with Gasteiger partial charge in [0.2, 0.25) is 0 Å². The minimum absolute atomic E-state index is 0.285. The minimum Gasteiger partial charge on any atom is -0.354 e. The molecule has 4 rings (SSSR count). The molecule has 0 radical (unpaired) electrons. The fourth-order valence-electron chi connectivity index (χ4n) is 3.30. The number of anilines is 3. The van der Waals surface area contributed by atoms with Crippen LogP contribution in [-0.4, -0.2) is 43.0 Å². The molecule has 0 spiro atoms. The summed E-state index contributed by atoms with van der Waals surface area (Å²) >= 11 is 6.19. The second kappa shape index (κ2) is 9.76. The van der Waals surface area contributed by atoms with Crippen molar-refractivity contribution < 1.29 is 14.0 Å². The topological polar surface area (TPSA) is 86.4 Å². The standard InChI is InChI=1S/C23H21ClFN5O2/c24-19-7-6-18(13-20(19)29-22(31)15-1-4-17(25)5-2-15)28-23(32)16-3-8-21(27-14-16)30-11-9-26-10-12-30/h1-8,13-14,26H,9-12H2,(H,28,32)(H,29,31). The highest BCUT2D eigenvalue weighted by Gasteiger charge is 2.14. The molecule has 1 aromatic heterocycles. The maximum atomic E-state index is 13.1. The molecule has 2 heterocycles. The Balaban J connectivity index is 1.43. The zero-order valence-electron chi connectivity index (χ0n) is 17.1. The lowest BCUT2D eigenvalue weighted by atomic mass is 10.2. The second-order valence-corrected chi connectivity index (χ2v) is 7.66. The summed E-state index contributed by atoms with van der Waals surface area (Å²) in [6.07, 6.45) is 1.54. The van der Waals surface area contributed by atoms with E-state index in [1.807, 2.05) is 6.07 Å². The molecule has 1 fully saturated rings. The number of carbonyl (C=O) groups excluding carboxylic acids is 2. The summed E-state index contributed by atoms with van der Waals surface area (Å²) in [5, 5.41) is 9.05. The molecule has 3 aromatic rings. The third kappa shape index (κ3) is 5.22. The molecule has 0 aliphatic carbocycles. The van der Waals surface area contributed by atoms with Crippen LogP contribution in [0.1, 0.15) is 20.7 Å². The summed E-state index contributed by atoms with van der Waals surface area (Å²) in [6, 6.07) is 13.5. The van der Waals surface area contributed by atoms with Crippen LogP contribution in [0, 0.1) is 5.82 Å². The van der Waals surface area contributed by atoms with Crippen molar-refractivity contribution in [3.63, 3.8) is 0 Å². The molecule has 2 aromatic carbocycles. The molecule has 0 saturated carbocycles. The maximum absolute atomic E-state index is 13.1. The van der Waals surface area contributed by atoms with Crippen molar-refractivity contribution in [3.05, 3.63) is 82.8 Å². The number of hydrogen-bond acceptors (Lipinski definition) is 5. The molecule has 9 heteroatoms. The van der Waals surface area contributed by atoms with Gasteiger partial charge >= 0.3 is 0 Å². The third-order valence-corrected chi connectivity index (χ3v) is 5.36. The van der Waals surface area contributed by atoms with E-state index >= 15 is 0 Å². The number of piperazine rings is 1. The Kier molecular flexibility index (Phi) is 6.63. The number of aromatic nitrogens is 1. The van der Waals surface area contributed by atoms with Crippen LogP contribution in [0.25, 0.3) is 0 Å². The SMILES string of the molecule is O=C(Nc1ccc(Cl)c(NC(=O)c2ccc(F)cc2)c1)c1ccc(N2CCNCC2)nc1. The highest BCUT2D eigenvalue weighted by Crippen LogP contribution is 2.26. The van der Waals surface area contributed by atoms with Gasteiger partial charge in [0.1, 0.15) is 11.6 Å². The van der Waals surface area contributed by atoms with E-state index < -0.39 is 11.7 Å². The zero-order chi connectivity index (χ0) is 22.5. The summed E-state index contributed by atoms with van der Waals surface area (Å²) in [5.41, 5.74) is 1.48. The Morgan fingerprint density at radius 3 is 2.31 bits per heavy atom. The quantitative estimate of drug-likeness (QED) is 0.547. The van der Waals surface area contributed by atoms with Crippen molar-refractivity contribution in [2.24, 2.45) is 0 Å². The molecule has 32 heavy (non-hydrogen) atoms. The minimum atomic E-state index is -0.442. The number of carbonyl (C=O) groups is 2. The van der Waals surface area contributed by atoms with E-state index in [-0.39, 0.29) is 11.5 Å². The summed E-state index contributed by atoms with van der Waals surface area (Å²) in [6.45, 7) is 3.55. The molecule has 0 atom stereocenters. The normalized spacial score (nSPS) is 13.5. The zero-order valence-corrected chi connectivity index (χ0v) is 17.8. The van der Waals surface area contributed by atoms with Crippen molar-refractivity contribution in [3.8, 4) is 0 Å². The Morgan fingerprint density at radius 2 is 1.62 bits per heavy atom. The first kappa shape index (κ1) is 21.7. The van der Waals surface area contributed by atoms with E-state index in [0.29, 0.717) is 22.0 Å². The number of nitrogens with zero attached hydrogens (tertiary/aromatic N) is 2. The van der Waals surface area contributed by atoms with Crippen LogP contribution in [0.2, 0.25) is 5.02 Å². The molecular formula is C23H21ClFN5O2. The lowest BCUT2D eigenvalue weighted by Crippen LogP contribution is -2.43. The van der Waals surface area contributed by atoms with Gasteiger partial charge in [-0.05, 0) is 54.6 Å². The van der Waals surface area contributed by atoms with Gasteiger partial charge in [-0.25, -0.2) is 9.37 Å². The maximum Gasteiger partial charge on any atom is 0.257 e. The highest BCUT2D eigenvalue weighted by molar-refractivity contribution is 6.34. The number of halogens is 2. The fourth-order valence-corrected chi connectivity index (χ4v) is 3.46. The van der Waals surface area contributed by atoms with Crippen molar-refractivity contribution in [1.82, 2.24) is 10.3 Å². The van der Waals surface area contributed by atoms with Crippen molar-refractivity contribution >= 4 is 40.6 Å². The van der Waals surface area contributed by atoms with Gasteiger partial charge in [0.15, 0.2) is 0 Å². The largest absolute Gasteiger partial charge is 0.354 e. The van der Waals surface area contributed by atoms with Crippen molar-refractivity contribution in [2.75, 3.05) is 41.7 Å². The molecule has 1 aliphatic rings. The van der Waals surface area contributed by atoms with Crippen LogP contribution in [0.3, 0.4) is 0 Å². The third-order valence-electron chi connectivity index (χ3n) is 5.03. The van der Waals surface area contributed by atoms with E-state index in [9.17, 15) is 14.0 Å². The molecule has 0 unspecified atom stereocenters. The second-order valence-electron chi connectivity index (χ2n) is 7.25. The monoisotopic (exact) mass is 453 g/mol. The number of rotatable bonds is 5. The van der Waals surface area contributed by atoms with Crippen LogP contribution in [0.5, 0.6) is 0 Å². The molecular weight excluding hydrogens is 433 g/mol. The van der Waals surface area contributed by atoms with E-state index in [1.165, 1.54) is 24.3 Å². The summed E-state index contributed by atoms with van der Waals surface area (Å²) < 4.78 is 13.1. The van der Waals surface area contributed by atoms with Gasteiger partial charge in [0.05, 0.1) is 16.3 Å². The van der Waals surface area contributed by atoms with Gasteiger partial charge in [0.25, 0.3) is 11.8 Å². The van der Waals surface area contributed by atoms with Crippen molar-refractivity contribution in [1.29, 1.82) is 0 Å².